The standard InChI is InChI=1S/C64H43N/c1-63(2)57-25-13-10-22-49(57)52-35-33-44(37-60(52)63)65(42-16-4-3-5-17-42)43-31-28-40(29-32-43)41-30-34-53-50-23-11-14-26-58(50)64(61(53)36-41)59-27-15-12-24-51(59)56-38-54-47-20-8-6-18-45(47)46-19-7-9-21-48(46)55(54)39-62(56)64/h3-39H,1-2H3. The van der Waals surface area contributed by atoms with Crippen LogP contribution in [0, 0.1) is 0 Å². The van der Waals surface area contributed by atoms with E-state index in [9.17, 15) is 0 Å². The van der Waals surface area contributed by atoms with Gasteiger partial charge in [0.15, 0.2) is 0 Å². The molecule has 11 aromatic carbocycles. The first-order valence-electron chi connectivity index (χ1n) is 22.9. The maximum Gasteiger partial charge on any atom is 0.0725 e. The third-order valence-corrected chi connectivity index (χ3v) is 15.3. The van der Waals surface area contributed by atoms with Gasteiger partial charge >= 0.3 is 0 Å². The Labute approximate surface area is 379 Å². The van der Waals surface area contributed by atoms with Crippen molar-refractivity contribution in [2.45, 2.75) is 24.7 Å². The van der Waals surface area contributed by atoms with Crippen molar-refractivity contribution in [2.75, 3.05) is 4.90 Å². The first kappa shape index (κ1) is 36.5. The lowest BCUT2D eigenvalue weighted by Crippen LogP contribution is -2.25. The lowest BCUT2D eigenvalue weighted by molar-refractivity contribution is 0.660. The molecular formula is C64H43N. The third kappa shape index (κ3) is 4.88. The van der Waals surface area contributed by atoms with E-state index in [1.165, 1.54) is 110 Å². The van der Waals surface area contributed by atoms with Crippen LogP contribution in [0.2, 0.25) is 0 Å². The highest BCUT2D eigenvalue weighted by Gasteiger charge is 2.52. The molecule has 0 amide bonds. The Morgan fingerprint density at radius 3 is 1.35 bits per heavy atom. The summed E-state index contributed by atoms with van der Waals surface area (Å²) in [6.45, 7) is 4.72. The van der Waals surface area contributed by atoms with Crippen LogP contribution < -0.4 is 4.90 Å². The van der Waals surface area contributed by atoms with Gasteiger partial charge < -0.3 is 4.90 Å². The number of nitrogens with zero attached hydrogens (tertiary/aromatic N) is 1. The van der Waals surface area contributed by atoms with Gasteiger partial charge in [0.1, 0.15) is 0 Å². The molecule has 0 aliphatic heterocycles. The highest BCUT2D eigenvalue weighted by Crippen LogP contribution is 2.64. The molecule has 1 heteroatoms. The number of fused-ring (bicyclic) bond motifs is 19. The van der Waals surface area contributed by atoms with Gasteiger partial charge in [-0.3, -0.25) is 0 Å². The van der Waals surface area contributed by atoms with Gasteiger partial charge in [0.05, 0.1) is 5.41 Å². The highest BCUT2D eigenvalue weighted by atomic mass is 15.1. The molecule has 0 aromatic heterocycles. The number of para-hydroxylation sites is 1. The summed E-state index contributed by atoms with van der Waals surface area (Å²) in [4.78, 5) is 2.40. The fourth-order valence-electron chi connectivity index (χ4n) is 12.4. The van der Waals surface area contributed by atoms with Crippen molar-refractivity contribution < 1.29 is 0 Å². The fourth-order valence-corrected chi connectivity index (χ4v) is 12.4. The molecule has 0 saturated heterocycles. The van der Waals surface area contributed by atoms with E-state index in [4.69, 9.17) is 0 Å². The summed E-state index contributed by atoms with van der Waals surface area (Å²) in [6.07, 6.45) is 0. The van der Waals surface area contributed by atoms with E-state index < -0.39 is 5.41 Å². The van der Waals surface area contributed by atoms with Crippen molar-refractivity contribution in [3.05, 3.63) is 258 Å². The summed E-state index contributed by atoms with van der Waals surface area (Å²) >= 11 is 0. The van der Waals surface area contributed by atoms with Gasteiger partial charge in [-0.15, -0.1) is 0 Å². The van der Waals surface area contributed by atoms with Crippen LogP contribution in [0.25, 0.3) is 76.8 Å². The van der Waals surface area contributed by atoms with E-state index in [2.05, 4.69) is 243 Å². The number of benzene rings is 11. The second-order valence-electron chi connectivity index (χ2n) is 18.8. The Bertz CT molecular complexity index is 3800. The Kier molecular flexibility index (Phi) is 7.45. The number of anilines is 3. The maximum atomic E-state index is 2.56. The molecule has 65 heavy (non-hydrogen) atoms. The minimum Gasteiger partial charge on any atom is -0.310 e. The molecule has 0 bridgehead atoms. The molecule has 3 aliphatic carbocycles. The molecule has 0 radical (unpaired) electrons. The SMILES string of the molecule is CC1(C)c2ccccc2-c2ccc(N(c3ccccc3)c3ccc(-c4ccc5c(c4)C4(c6ccccc6-5)c5ccccc5-c5cc6c7ccccc7c7ccccc7c6cc54)cc3)cc21. The molecule has 1 atom stereocenters. The monoisotopic (exact) mass is 825 g/mol. The molecule has 0 N–H and O–H groups in total. The zero-order valence-corrected chi connectivity index (χ0v) is 36.3. The van der Waals surface area contributed by atoms with Crippen LogP contribution in [0.15, 0.2) is 224 Å². The fraction of sp³-hybridized carbons (Fsp3) is 0.0625. The Balaban J connectivity index is 0.940. The Morgan fingerprint density at radius 2 is 0.692 bits per heavy atom. The number of hydrogen-bond acceptors (Lipinski definition) is 1. The van der Waals surface area contributed by atoms with Gasteiger partial charge in [-0.2, -0.15) is 0 Å². The number of hydrogen-bond donors (Lipinski definition) is 0. The van der Waals surface area contributed by atoms with Crippen molar-refractivity contribution in [1.29, 1.82) is 0 Å². The van der Waals surface area contributed by atoms with Crippen LogP contribution in [0.5, 0.6) is 0 Å². The molecule has 1 spiro atoms. The summed E-state index contributed by atoms with van der Waals surface area (Å²) < 4.78 is 0. The molecular weight excluding hydrogens is 783 g/mol. The zero-order valence-electron chi connectivity index (χ0n) is 36.3. The van der Waals surface area contributed by atoms with Crippen molar-refractivity contribution in [3.63, 3.8) is 0 Å². The summed E-state index contributed by atoms with van der Waals surface area (Å²) in [5.74, 6) is 0. The van der Waals surface area contributed by atoms with Crippen LogP contribution in [0.3, 0.4) is 0 Å². The second kappa shape index (κ2) is 13.3. The van der Waals surface area contributed by atoms with Crippen LogP contribution in [-0.4, -0.2) is 0 Å². The zero-order chi connectivity index (χ0) is 43.0. The average Bonchev–Trinajstić information content (AvgIpc) is 3.92. The normalized spacial score (nSPS) is 15.7. The summed E-state index contributed by atoms with van der Waals surface area (Å²) in [5, 5.41) is 7.82. The van der Waals surface area contributed by atoms with Gasteiger partial charge in [-0.25, -0.2) is 0 Å². The summed E-state index contributed by atoms with van der Waals surface area (Å²) in [7, 11) is 0. The molecule has 1 unspecified atom stereocenters. The Hall–Kier alpha value is -8.00. The first-order chi connectivity index (χ1) is 32.0. The quantitative estimate of drug-likeness (QED) is 0.160. The topological polar surface area (TPSA) is 3.24 Å². The molecule has 1 nitrogen and oxygen atoms in total. The van der Waals surface area contributed by atoms with Crippen molar-refractivity contribution in [2.24, 2.45) is 0 Å². The van der Waals surface area contributed by atoms with E-state index in [1.54, 1.807) is 0 Å². The van der Waals surface area contributed by atoms with Gasteiger partial charge in [0.2, 0.25) is 0 Å². The van der Waals surface area contributed by atoms with E-state index >= 15 is 0 Å². The lowest BCUT2D eigenvalue weighted by Gasteiger charge is -2.31. The van der Waals surface area contributed by atoms with Crippen molar-refractivity contribution in [3.8, 4) is 44.5 Å². The predicted molar refractivity (Wildman–Crippen MR) is 273 cm³/mol. The van der Waals surface area contributed by atoms with Crippen LogP contribution >= 0.6 is 0 Å². The van der Waals surface area contributed by atoms with Crippen LogP contribution in [0.1, 0.15) is 47.2 Å². The minimum absolute atomic E-state index is 0.0889. The number of rotatable bonds is 4. The van der Waals surface area contributed by atoms with Crippen molar-refractivity contribution in [1.82, 2.24) is 0 Å². The van der Waals surface area contributed by atoms with Crippen LogP contribution in [-0.2, 0) is 10.8 Å². The molecule has 0 heterocycles. The van der Waals surface area contributed by atoms with E-state index in [1.807, 2.05) is 0 Å². The minimum atomic E-state index is -0.472. The summed E-state index contributed by atoms with van der Waals surface area (Å²) in [6, 6.07) is 84.5. The third-order valence-electron chi connectivity index (χ3n) is 15.3. The van der Waals surface area contributed by atoms with Crippen molar-refractivity contribution >= 4 is 49.4 Å². The van der Waals surface area contributed by atoms with Gasteiger partial charge in [-0.1, -0.05) is 184 Å². The highest BCUT2D eigenvalue weighted by molar-refractivity contribution is 6.26. The van der Waals surface area contributed by atoms with Gasteiger partial charge in [-0.05, 0) is 165 Å². The van der Waals surface area contributed by atoms with Crippen LogP contribution in [0.4, 0.5) is 17.1 Å². The second-order valence-corrected chi connectivity index (χ2v) is 18.8. The molecule has 0 saturated carbocycles. The summed E-state index contributed by atoms with van der Waals surface area (Å²) in [5.41, 5.74) is 21.4. The van der Waals surface area contributed by atoms with E-state index in [-0.39, 0.29) is 5.41 Å². The lowest BCUT2D eigenvalue weighted by atomic mass is 9.70. The predicted octanol–water partition coefficient (Wildman–Crippen LogP) is 16.9. The Morgan fingerprint density at radius 1 is 0.262 bits per heavy atom. The van der Waals surface area contributed by atoms with E-state index in [0.29, 0.717) is 0 Å². The molecule has 3 aliphatic rings. The molecule has 0 fully saturated rings. The average molecular weight is 826 g/mol. The largest absolute Gasteiger partial charge is 0.310 e. The van der Waals surface area contributed by atoms with Gasteiger partial charge in [0, 0.05) is 22.5 Å². The molecule has 11 aromatic rings. The maximum absolute atomic E-state index is 2.56. The first-order valence-corrected chi connectivity index (χ1v) is 22.9. The van der Waals surface area contributed by atoms with Gasteiger partial charge in [0.25, 0.3) is 0 Å². The smallest absolute Gasteiger partial charge is 0.0725 e. The molecule has 14 rings (SSSR count). The van der Waals surface area contributed by atoms with E-state index in [0.717, 1.165) is 17.1 Å². The molecule has 304 valence electrons.